The van der Waals surface area contributed by atoms with Gasteiger partial charge in [-0.05, 0) is 6.07 Å². The zero-order valence-corrected chi connectivity index (χ0v) is 13.5. The summed E-state index contributed by atoms with van der Waals surface area (Å²) < 4.78 is 12.3. The van der Waals surface area contributed by atoms with Crippen molar-refractivity contribution in [2.24, 2.45) is 0 Å². The molecule has 2 aromatic rings. The Labute approximate surface area is 139 Å². The highest BCUT2D eigenvalue weighted by molar-refractivity contribution is 6.08. The van der Waals surface area contributed by atoms with Crippen molar-refractivity contribution in [3.63, 3.8) is 0 Å². The first kappa shape index (κ1) is 16.5. The van der Waals surface area contributed by atoms with E-state index >= 15 is 0 Å². The quantitative estimate of drug-likeness (QED) is 0.890. The molecule has 7 heteroatoms. The van der Waals surface area contributed by atoms with Crippen LogP contribution < -0.4 is 0 Å². The zero-order chi connectivity index (χ0) is 17.1. The van der Waals surface area contributed by atoms with Gasteiger partial charge in [0.25, 0.3) is 5.91 Å². The second kappa shape index (κ2) is 7.02. The first-order chi connectivity index (χ1) is 11.6. The van der Waals surface area contributed by atoms with E-state index in [0.717, 1.165) is 10.9 Å². The van der Waals surface area contributed by atoms with Crippen molar-refractivity contribution in [3.8, 4) is 0 Å². The number of carbonyl (C=O) groups excluding carboxylic acids is 1. The topological polar surface area (TPSA) is 81.0 Å². The fourth-order valence-electron chi connectivity index (χ4n) is 3.00. The molecule has 1 aliphatic rings. The summed E-state index contributed by atoms with van der Waals surface area (Å²) >= 11 is 0. The molecule has 1 amide bonds. The van der Waals surface area contributed by atoms with Crippen molar-refractivity contribution >= 4 is 22.8 Å². The van der Waals surface area contributed by atoms with E-state index in [0.29, 0.717) is 25.3 Å². The molecular formula is C17H20N2O5. The van der Waals surface area contributed by atoms with Crippen LogP contribution in [0.2, 0.25) is 0 Å². The first-order valence-electron chi connectivity index (χ1n) is 7.82. The Morgan fingerprint density at radius 3 is 2.92 bits per heavy atom. The average molecular weight is 332 g/mol. The van der Waals surface area contributed by atoms with Gasteiger partial charge in [-0.25, -0.2) is 4.79 Å². The zero-order valence-electron chi connectivity index (χ0n) is 13.5. The van der Waals surface area contributed by atoms with E-state index in [1.54, 1.807) is 13.3 Å². The van der Waals surface area contributed by atoms with E-state index in [2.05, 4.69) is 0 Å². The van der Waals surface area contributed by atoms with Crippen molar-refractivity contribution < 1.29 is 24.2 Å². The summed E-state index contributed by atoms with van der Waals surface area (Å²) in [5, 5.41) is 10.2. The van der Waals surface area contributed by atoms with E-state index in [4.69, 9.17) is 9.47 Å². The Hall–Kier alpha value is -2.38. The number of hydrogen-bond acceptors (Lipinski definition) is 4. The lowest BCUT2D eigenvalue weighted by Gasteiger charge is -2.32. The largest absolute Gasteiger partial charge is 0.480 e. The molecule has 0 unspecified atom stereocenters. The third-order valence-corrected chi connectivity index (χ3v) is 4.23. The molecule has 2 heterocycles. The molecule has 1 N–H and O–H groups in total. The van der Waals surface area contributed by atoms with Crippen LogP contribution in [0.15, 0.2) is 30.5 Å². The molecule has 1 atom stereocenters. The number of nitrogens with zero attached hydrogens (tertiary/aromatic N) is 2. The number of fused-ring (bicyclic) bond motifs is 1. The maximum Gasteiger partial charge on any atom is 0.328 e. The van der Waals surface area contributed by atoms with Gasteiger partial charge in [-0.1, -0.05) is 18.2 Å². The number of carboxylic acids is 1. The number of methoxy groups -OCH3 is 1. The standard InChI is InChI=1S/C17H20N2O5/c1-23-8-6-18-10-13(12-4-2-3-5-14(12)18)16(20)19-7-9-24-11-15(19)17(21)22/h2-5,10,15H,6-9,11H2,1H3,(H,21,22)/t15-/m0/s1. The monoisotopic (exact) mass is 332 g/mol. The van der Waals surface area contributed by atoms with E-state index in [1.165, 1.54) is 4.90 Å². The lowest BCUT2D eigenvalue weighted by molar-refractivity contribution is -0.147. The highest BCUT2D eigenvalue weighted by Crippen LogP contribution is 2.24. The van der Waals surface area contributed by atoms with E-state index in [1.807, 2.05) is 28.8 Å². The Balaban J connectivity index is 1.98. The van der Waals surface area contributed by atoms with Gasteiger partial charge in [0.1, 0.15) is 0 Å². The third kappa shape index (κ3) is 3.00. The number of aromatic nitrogens is 1. The SMILES string of the molecule is COCCn1cc(C(=O)N2CCOC[C@H]2C(=O)O)c2ccccc21. The van der Waals surface area contributed by atoms with Crippen molar-refractivity contribution in [2.45, 2.75) is 12.6 Å². The maximum atomic E-state index is 13.0. The molecule has 1 saturated heterocycles. The van der Waals surface area contributed by atoms with Crippen LogP contribution in [0.1, 0.15) is 10.4 Å². The number of benzene rings is 1. The van der Waals surface area contributed by atoms with Crippen molar-refractivity contribution in [1.29, 1.82) is 0 Å². The number of ether oxygens (including phenoxy) is 2. The van der Waals surface area contributed by atoms with Crippen molar-refractivity contribution in [3.05, 3.63) is 36.0 Å². The van der Waals surface area contributed by atoms with Crippen LogP contribution in [0.5, 0.6) is 0 Å². The number of hydrogen-bond donors (Lipinski definition) is 1. The number of rotatable bonds is 5. The van der Waals surface area contributed by atoms with Gasteiger partial charge < -0.3 is 24.0 Å². The molecule has 1 fully saturated rings. The lowest BCUT2D eigenvalue weighted by Crippen LogP contribution is -2.52. The van der Waals surface area contributed by atoms with Gasteiger partial charge in [0.15, 0.2) is 6.04 Å². The highest BCUT2D eigenvalue weighted by atomic mass is 16.5. The predicted octanol–water partition coefficient (Wildman–Crippen LogP) is 1.21. The predicted molar refractivity (Wildman–Crippen MR) is 87.1 cm³/mol. The normalized spacial score (nSPS) is 18.0. The minimum Gasteiger partial charge on any atom is -0.480 e. The van der Waals surface area contributed by atoms with Gasteiger partial charge in [-0.15, -0.1) is 0 Å². The van der Waals surface area contributed by atoms with Crippen molar-refractivity contribution in [2.75, 3.05) is 33.5 Å². The molecule has 0 aliphatic carbocycles. The van der Waals surface area contributed by atoms with Gasteiger partial charge in [0.05, 0.1) is 25.4 Å². The molecule has 0 spiro atoms. The Morgan fingerprint density at radius 1 is 1.38 bits per heavy atom. The highest BCUT2D eigenvalue weighted by Gasteiger charge is 2.34. The van der Waals surface area contributed by atoms with Gasteiger partial charge >= 0.3 is 5.97 Å². The molecule has 1 aliphatic heterocycles. The second-order valence-electron chi connectivity index (χ2n) is 5.67. The fourth-order valence-corrected chi connectivity index (χ4v) is 3.00. The first-order valence-corrected chi connectivity index (χ1v) is 7.82. The second-order valence-corrected chi connectivity index (χ2v) is 5.67. The number of carboxylic acid groups (broad SMARTS) is 1. The molecule has 0 saturated carbocycles. The Morgan fingerprint density at radius 2 is 2.17 bits per heavy atom. The molecule has 0 bridgehead atoms. The van der Waals surface area contributed by atoms with Crippen LogP contribution in [-0.4, -0.2) is 66.0 Å². The minimum atomic E-state index is -1.05. The van der Waals surface area contributed by atoms with Crippen LogP contribution in [0.3, 0.4) is 0 Å². The number of aliphatic carboxylic acids is 1. The molecule has 128 valence electrons. The summed E-state index contributed by atoms with van der Waals surface area (Å²) in [6.45, 7) is 1.78. The van der Waals surface area contributed by atoms with Crippen LogP contribution >= 0.6 is 0 Å². The molecule has 1 aromatic carbocycles. The van der Waals surface area contributed by atoms with Crippen LogP contribution in [-0.2, 0) is 20.8 Å². The maximum absolute atomic E-state index is 13.0. The summed E-state index contributed by atoms with van der Waals surface area (Å²) in [6, 6.07) is 6.65. The molecule has 3 rings (SSSR count). The minimum absolute atomic E-state index is 0.0173. The number of amides is 1. The van der Waals surface area contributed by atoms with Crippen molar-refractivity contribution in [1.82, 2.24) is 9.47 Å². The summed E-state index contributed by atoms with van der Waals surface area (Å²) in [5.74, 6) is -1.33. The van der Waals surface area contributed by atoms with Crippen LogP contribution in [0.4, 0.5) is 0 Å². The summed E-state index contributed by atoms with van der Waals surface area (Å²) in [6.07, 6.45) is 1.78. The van der Waals surface area contributed by atoms with Gasteiger partial charge in [0, 0.05) is 37.3 Å². The lowest BCUT2D eigenvalue weighted by atomic mass is 10.1. The smallest absolute Gasteiger partial charge is 0.328 e. The summed E-state index contributed by atoms with van der Waals surface area (Å²) in [4.78, 5) is 25.8. The molecule has 0 radical (unpaired) electrons. The Bertz CT molecular complexity index is 755. The van der Waals surface area contributed by atoms with Gasteiger partial charge in [-0.2, -0.15) is 0 Å². The third-order valence-electron chi connectivity index (χ3n) is 4.23. The van der Waals surface area contributed by atoms with E-state index in [9.17, 15) is 14.7 Å². The fraction of sp³-hybridized carbons (Fsp3) is 0.412. The van der Waals surface area contributed by atoms with E-state index < -0.39 is 12.0 Å². The molecule has 7 nitrogen and oxygen atoms in total. The summed E-state index contributed by atoms with van der Waals surface area (Å²) in [7, 11) is 1.63. The van der Waals surface area contributed by atoms with Gasteiger partial charge in [-0.3, -0.25) is 4.79 Å². The van der Waals surface area contributed by atoms with Crippen LogP contribution in [0, 0.1) is 0 Å². The van der Waals surface area contributed by atoms with Crippen LogP contribution in [0.25, 0.3) is 10.9 Å². The number of carbonyl (C=O) groups is 2. The molecule has 24 heavy (non-hydrogen) atoms. The Kier molecular flexibility index (Phi) is 4.82. The molecule has 1 aromatic heterocycles. The summed E-state index contributed by atoms with van der Waals surface area (Å²) in [5.41, 5.74) is 1.44. The van der Waals surface area contributed by atoms with E-state index in [-0.39, 0.29) is 19.1 Å². The number of para-hydroxylation sites is 1. The average Bonchev–Trinajstić information content (AvgIpc) is 2.98. The number of morpholine rings is 1. The van der Waals surface area contributed by atoms with Gasteiger partial charge in [0.2, 0.25) is 0 Å². The molecular weight excluding hydrogens is 312 g/mol.